The van der Waals surface area contributed by atoms with Crippen LogP contribution in [0.1, 0.15) is 22.4 Å². The molecule has 2 aromatic rings. The highest BCUT2D eigenvalue weighted by atomic mass is 16.5. The van der Waals surface area contributed by atoms with E-state index in [1.165, 1.54) is 16.7 Å². The number of ether oxygens (including phenoxy) is 1. The van der Waals surface area contributed by atoms with E-state index in [0.717, 1.165) is 18.0 Å². The van der Waals surface area contributed by atoms with Gasteiger partial charge in [0.25, 0.3) is 0 Å². The summed E-state index contributed by atoms with van der Waals surface area (Å²) in [6.07, 6.45) is 1.89. The van der Waals surface area contributed by atoms with E-state index in [9.17, 15) is 0 Å². The molecule has 0 spiro atoms. The largest absolute Gasteiger partial charge is 0.487 e. The van der Waals surface area contributed by atoms with Gasteiger partial charge in [0, 0.05) is 12.7 Å². The van der Waals surface area contributed by atoms with Crippen molar-refractivity contribution in [1.82, 2.24) is 10.3 Å². The van der Waals surface area contributed by atoms with Gasteiger partial charge < -0.3 is 10.1 Å². The van der Waals surface area contributed by atoms with E-state index in [2.05, 4.69) is 36.3 Å². The van der Waals surface area contributed by atoms with Crippen molar-refractivity contribution < 1.29 is 4.74 Å². The molecule has 0 aliphatic carbocycles. The molecule has 0 fully saturated rings. The van der Waals surface area contributed by atoms with Gasteiger partial charge in [-0.1, -0.05) is 18.2 Å². The SMILES string of the molecule is CNCc1ccc(COc2cccc(C)c2C)nc1. The Labute approximate surface area is 114 Å². The number of rotatable bonds is 5. The standard InChI is InChI=1S/C16H20N2O/c1-12-5-4-6-16(13(12)2)19-11-15-8-7-14(9-17-3)10-18-15/h4-8,10,17H,9,11H2,1-3H3. The summed E-state index contributed by atoms with van der Waals surface area (Å²) in [5.41, 5.74) is 4.56. The first-order chi connectivity index (χ1) is 9.20. The fourth-order valence-electron chi connectivity index (χ4n) is 1.88. The maximum Gasteiger partial charge on any atom is 0.130 e. The van der Waals surface area contributed by atoms with Gasteiger partial charge >= 0.3 is 0 Å². The summed E-state index contributed by atoms with van der Waals surface area (Å²) < 4.78 is 5.83. The molecule has 1 aromatic heterocycles. The zero-order valence-corrected chi connectivity index (χ0v) is 11.7. The van der Waals surface area contributed by atoms with Crippen LogP contribution in [0.4, 0.5) is 0 Å². The number of hydrogen-bond acceptors (Lipinski definition) is 3. The Morgan fingerprint density at radius 3 is 2.68 bits per heavy atom. The zero-order valence-electron chi connectivity index (χ0n) is 11.7. The minimum absolute atomic E-state index is 0.504. The summed E-state index contributed by atoms with van der Waals surface area (Å²) in [6, 6.07) is 10.2. The number of nitrogens with one attached hydrogen (secondary N) is 1. The minimum atomic E-state index is 0.504. The van der Waals surface area contributed by atoms with E-state index in [-0.39, 0.29) is 0 Å². The van der Waals surface area contributed by atoms with Crippen LogP contribution in [0.25, 0.3) is 0 Å². The Morgan fingerprint density at radius 2 is 2.00 bits per heavy atom. The molecule has 0 atom stereocenters. The first kappa shape index (κ1) is 13.6. The lowest BCUT2D eigenvalue weighted by Gasteiger charge is -2.10. The molecule has 0 bridgehead atoms. The topological polar surface area (TPSA) is 34.1 Å². The van der Waals surface area contributed by atoms with Crippen LogP contribution in [0.15, 0.2) is 36.5 Å². The fourth-order valence-corrected chi connectivity index (χ4v) is 1.88. The molecule has 0 saturated heterocycles. The second kappa shape index (κ2) is 6.34. The normalized spacial score (nSPS) is 10.5. The van der Waals surface area contributed by atoms with Crippen molar-refractivity contribution in [1.29, 1.82) is 0 Å². The molecule has 1 aromatic carbocycles. The van der Waals surface area contributed by atoms with Crippen LogP contribution in [-0.4, -0.2) is 12.0 Å². The summed E-state index contributed by atoms with van der Waals surface area (Å²) in [5, 5.41) is 3.10. The first-order valence-corrected chi connectivity index (χ1v) is 6.48. The second-order valence-corrected chi connectivity index (χ2v) is 4.67. The lowest BCUT2D eigenvalue weighted by molar-refractivity contribution is 0.299. The highest BCUT2D eigenvalue weighted by molar-refractivity contribution is 5.38. The van der Waals surface area contributed by atoms with Crippen molar-refractivity contribution in [2.75, 3.05) is 7.05 Å². The van der Waals surface area contributed by atoms with Crippen molar-refractivity contribution in [2.24, 2.45) is 0 Å². The summed E-state index contributed by atoms with van der Waals surface area (Å²) >= 11 is 0. The lowest BCUT2D eigenvalue weighted by Crippen LogP contribution is -2.06. The summed E-state index contributed by atoms with van der Waals surface area (Å²) in [7, 11) is 1.93. The van der Waals surface area contributed by atoms with Crippen LogP contribution < -0.4 is 10.1 Å². The van der Waals surface area contributed by atoms with Crippen LogP contribution >= 0.6 is 0 Å². The summed E-state index contributed by atoms with van der Waals surface area (Å²) in [5.74, 6) is 0.932. The fraction of sp³-hybridized carbons (Fsp3) is 0.312. The van der Waals surface area contributed by atoms with Gasteiger partial charge in [-0.25, -0.2) is 0 Å². The van der Waals surface area contributed by atoms with Gasteiger partial charge in [0.2, 0.25) is 0 Å². The molecule has 1 N–H and O–H groups in total. The molecule has 0 aliphatic rings. The molecule has 100 valence electrons. The third-order valence-corrected chi connectivity index (χ3v) is 3.20. The minimum Gasteiger partial charge on any atom is -0.487 e. The van der Waals surface area contributed by atoms with E-state index < -0.39 is 0 Å². The van der Waals surface area contributed by atoms with Gasteiger partial charge in [0.1, 0.15) is 12.4 Å². The monoisotopic (exact) mass is 256 g/mol. The van der Waals surface area contributed by atoms with Crippen molar-refractivity contribution in [3.8, 4) is 5.75 Å². The van der Waals surface area contributed by atoms with Crippen molar-refractivity contribution in [3.05, 3.63) is 58.9 Å². The van der Waals surface area contributed by atoms with Crippen LogP contribution in [-0.2, 0) is 13.2 Å². The molecule has 0 saturated carbocycles. The average molecular weight is 256 g/mol. The van der Waals surface area contributed by atoms with Gasteiger partial charge in [-0.2, -0.15) is 0 Å². The Hall–Kier alpha value is -1.87. The third kappa shape index (κ3) is 3.55. The number of benzene rings is 1. The molecule has 0 unspecified atom stereocenters. The molecular formula is C16H20N2O. The average Bonchev–Trinajstić information content (AvgIpc) is 2.42. The number of nitrogens with zero attached hydrogens (tertiary/aromatic N) is 1. The first-order valence-electron chi connectivity index (χ1n) is 6.48. The van der Waals surface area contributed by atoms with E-state index >= 15 is 0 Å². The Balaban J connectivity index is 2.00. The van der Waals surface area contributed by atoms with Crippen LogP contribution in [0.2, 0.25) is 0 Å². The van der Waals surface area contributed by atoms with Gasteiger partial charge in [-0.05, 0) is 49.7 Å². The molecule has 0 amide bonds. The Morgan fingerprint density at radius 1 is 1.16 bits per heavy atom. The predicted molar refractivity (Wildman–Crippen MR) is 77.2 cm³/mol. The molecule has 0 radical (unpaired) electrons. The highest BCUT2D eigenvalue weighted by Gasteiger charge is 2.03. The van der Waals surface area contributed by atoms with E-state index in [0.29, 0.717) is 6.61 Å². The van der Waals surface area contributed by atoms with Gasteiger partial charge in [-0.15, -0.1) is 0 Å². The van der Waals surface area contributed by atoms with Crippen LogP contribution in [0.3, 0.4) is 0 Å². The quantitative estimate of drug-likeness (QED) is 0.893. The van der Waals surface area contributed by atoms with Crippen molar-refractivity contribution >= 4 is 0 Å². The molecule has 19 heavy (non-hydrogen) atoms. The third-order valence-electron chi connectivity index (χ3n) is 3.20. The van der Waals surface area contributed by atoms with Crippen LogP contribution in [0, 0.1) is 13.8 Å². The van der Waals surface area contributed by atoms with E-state index in [4.69, 9.17) is 4.74 Å². The van der Waals surface area contributed by atoms with E-state index in [1.807, 2.05) is 31.4 Å². The summed E-state index contributed by atoms with van der Waals surface area (Å²) in [6.45, 7) is 5.51. The predicted octanol–water partition coefficient (Wildman–Crippen LogP) is 3.00. The van der Waals surface area contributed by atoms with Gasteiger partial charge in [-0.3, -0.25) is 4.98 Å². The summed E-state index contributed by atoms with van der Waals surface area (Å²) in [4.78, 5) is 4.40. The van der Waals surface area contributed by atoms with Gasteiger partial charge in [0.05, 0.1) is 5.69 Å². The maximum atomic E-state index is 5.83. The van der Waals surface area contributed by atoms with Crippen LogP contribution in [0.5, 0.6) is 5.75 Å². The van der Waals surface area contributed by atoms with Crippen molar-refractivity contribution in [3.63, 3.8) is 0 Å². The second-order valence-electron chi connectivity index (χ2n) is 4.67. The van der Waals surface area contributed by atoms with Gasteiger partial charge in [0.15, 0.2) is 0 Å². The van der Waals surface area contributed by atoms with Crippen molar-refractivity contribution in [2.45, 2.75) is 27.0 Å². The smallest absolute Gasteiger partial charge is 0.130 e. The number of aromatic nitrogens is 1. The maximum absolute atomic E-state index is 5.83. The Kier molecular flexibility index (Phi) is 4.53. The molecule has 3 nitrogen and oxygen atoms in total. The number of hydrogen-bond donors (Lipinski definition) is 1. The molecule has 0 aliphatic heterocycles. The lowest BCUT2D eigenvalue weighted by atomic mass is 10.1. The molecule has 2 rings (SSSR count). The molecule has 3 heteroatoms. The zero-order chi connectivity index (χ0) is 13.7. The highest BCUT2D eigenvalue weighted by Crippen LogP contribution is 2.21. The number of pyridine rings is 1. The van der Waals surface area contributed by atoms with E-state index in [1.54, 1.807) is 0 Å². The Bertz CT molecular complexity index is 535. The molecular weight excluding hydrogens is 236 g/mol. The number of aryl methyl sites for hydroxylation is 1. The molecule has 1 heterocycles.